The van der Waals surface area contributed by atoms with E-state index in [9.17, 15) is 8.42 Å². The molecule has 0 aliphatic carbocycles. The van der Waals surface area contributed by atoms with Crippen molar-refractivity contribution in [2.24, 2.45) is 0 Å². The standard InChI is InChI=1S/C11H13Cl3O3S/c1-3-7(4-2)17-10-5-9(13)11(6-8(10)12)18(14,15)16/h5-7H,3-4H2,1-2H3. The van der Waals surface area contributed by atoms with Crippen LogP contribution in [-0.2, 0) is 9.05 Å². The van der Waals surface area contributed by atoms with Crippen molar-refractivity contribution in [1.29, 1.82) is 0 Å². The van der Waals surface area contributed by atoms with Crippen LogP contribution in [0.1, 0.15) is 26.7 Å². The van der Waals surface area contributed by atoms with Gasteiger partial charge in [0.25, 0.3) is 9.05 Å². The topological polar surface area (TPSA) is 43.4 Å². The van der Waals surface area contributed by atoms with Gasteiger partial charge in [-0.2, -0.15) is 0 Å². The average molecular weight is 332 g/mol. The molecule has 0 heterocycles. The molecular formula is C11H13Cl3O3S. The van der Waals surface area contributed by atoms with Gasteiger partial charge in [0, 0.05) is 16.7 Å². The molecule has 0 amide bonds. The third-order valence-corrected chi connectivity index (χ3v) is 4.54. The normalized spacial score (nSPS) is 11.9. The van der Waals surface area contributed by atoms with E-state index in [0.717, 1.165) is 12.8 Å². The van der Waals surface area contributed by atoms with Crippen molar-refractivity contribution in [2.75, 3.05) is 0 Å². The molecule has 1 rings (SSSR count). The highest BCUT2D eigenvalue weighted by atomic mass is 35.7. The maximum atomic E-state index is 11.2. The number of benzene rings is 1. The van der Waals surface area contributed by atoms with Crippen molar-refractivity contribution in [2.45, 2.75) is 37.7 Å². The van der Waals surface area contributed by atoms with Crippen LogP contribution in [0.25, 0.3) is 0 Å². The van der Waals surface area contributed by atoms with Crippen LogP contribution in [-0.4, -0.2) is 14.5 Å². The molecule has 0 aliphatic heterocycles. The summed E-state index contributed by atoms with van der Waals surface area (Å²) in [5.74, 6) is 0.361. The summed E-state index contributed by atoms with van der Waals surface area (Å²) in [5.41, 5.74) is 0. The Balaban J connectivity index is 3.15. The number of rotatable bonds is 5. The Labute approximate surface area is 121 Å². The van der Waals surface area contributed by atoms with Crippen LogP contribution < -0.4 is 4.74 Å². The fourth-order valence-electron chi connectivity index (χ4n) is 1.42. The van der Waals surface area contributed by atoms with E-state index in [1.807, 2.05) is 13.8 Å². The molecule has 0 aliphatic rings. The molecule has 102 valence electrons. The van der Waals surface area contributed by atoms with Crippen molar-refractivity contribution in [3.05, 3.63) is 22.2 Å². The molecule has 18 heavy (non-hydrogen) atoms. The van der Waals surface area contributed by atoms with Crippen LogP contribution in [0.2, 0.25) is 10.0 Å². The van der Waals surface area contributed by atoms with Crippen LogP contribution >= 0.6 is 33.9 Å². The smallest absolute Gasteiger partial charge is 0.262 e. The van der Waals surface area contributed by atoms with E-state index >= 15 is 0 Å². The van der Waals surface area contributed by atoms with Gasteiger partial charge < -0.3 is 4.74 Å². The van der Waals surface area contributed by atoms with Gasteiger partial charge in [-0.05, 0) is 18.9 Å². The molecule has 0 saturated carbocycles. The number of hydrogen-bond acceptors (Lipinski definition) is 3. The minimum absolute atomic E-state index is 0.00430. The van der Waals surface area contributed by atoms with E-state index < -0.39 is 9.05 Å². The quantitative estimate of drug-likeness (QED) is 0.747. The molecule has 3 nitrogen and oxygen atoms in total. The lowest BCUT2D eigenvalue weighted by Gasteiger charge is -2.17. The fraction of sp³-hybridized carbons (Fsp3) is 0.455. The van der Waals surface area contributed by atoms with Gasteiger partial charge in [0.1, 0.15) is 10.6 Å². The summed E-state index contributed by atoms with van der Waals surface area (Å²) in [6.45, 7) is 3.97. The zero-order valence-corrected chi connectivity index (χ0v) is 13.0. The third-order valence-electron chi connectivity index (χ3n) is 2.45. The summed E-state index contributed by atoms with van der Waals surface area (Å²) in [7, 11) is 1.32. The molecule has 0 spiro atoms. The van der Waals surface area contributed by atoms with E-state index in [0.29, 0.717) is 5.75 Å². The predicted octanol–water partition coefficient (Wildman–Crippen LogP) is 4.49. The summed E-state index contributed by atoms with van der Waals surface area (Å²) in [5, 5.41) is 0.167. The van der Waals surface area contributed by atoms with Crippen LogP contribution in [0.15, 0.2) is 17.0 Å². The average Bonchev–Trinajstić information content (AvgIpc) is 2.28. The molecule has 0 unspecified atom stereocenters. The second-order valence-corrected chi connectivity index (χ2v) is 7.06. The predicted molar refractivity (Wildman–Crippen MR) is 74.5 cm³/mol. The lowest BCUT2D eigenvalue weighted by Crippen LogP contribution is -2.14. The Kier molecular flexibility index (Phi) is 5.59. The Morgan fingerprint density at radius 3 is 2.17 bits per heavy atom. The zero-order chi connectivity index (χ0) is 13.9. The Morgan fingerprint density at radius 1 is 1.17 bits per heavy atom. The second-order valence-electron chi connectivity index (χ2n) is 3.71. The van der Waals surface area contributed by atoms with Crippen molar-refractivity contribution < 1.29 is 13.2 Å². The Bertz CT molecular complexity index is 525. The molecule has 0 N–H and O–H groups in total. The van der Waals surface area contributed by atoms with E-state index in [4.69, 9.17) is 38.6 Å². The summed E-state index contributed by atoms with van der Waals surface area (Å²) in [6.07, 6.45) is 1.65. The first-order valence-electron chi connectivity index (χ1n) is 5.39. The largest absolute Gasteiger partial charge is 0.489 e. The first-order chi connectivity index (χ1) is 8.29. The molecule has 0 bridgehead atoms. The molecule has 0 aromatic heterocycles. The van der Waals surface area contributed by atoms with E-state index in [1.165, 1.54) is 12.1 Å². The van der Waals surface area contributed by atoms with Crippen LogP contribution in [0, 0.1) is 0 Å². The maximum Gasteiger partial charge on any atom is 0.262 e. The number of halogens is 3. The highest BCUT2D eigenvalue weighted by molar-refractivity contribution is 8.13. The number of ether oxygens (including phenoxy) is 1. The summed E-state index contributed by atoms with van der Waals surface area (Å²) < 4.78 is 28.1. The van der Waals surface area contributed by atoms with Gasteiger partial charge >= 0.3 is 0 Å². The molecule has 7 heteroatoms. The van der Waals surface area contributed by atoms with Gasteiger partial charge in [0.05, 0.1) is 16.1 Å². The minimum Gasteiger partial charge on any atom is -0.489 e. The van der Waals surface area contributed by atoms with Crippen LogP contribution in [0.5, 0.6) is 5.75 Å². The summed E-state index contributed by atoms with van der Waals surface area (Å²) in [4.78, 5) is -0.215. The van der Waals surface area contributed by atoms with Crippen LogP contribution in [0.4, 0.5) is 0 Å². The van der Waals surface area contributed by atoms with Crippen molar-refractivity contribution in [1.82, 2.24) is 0 Å². The highest BCUT2D eigenvalue weighted by Crippen LogP contribution is 2.35. The second kappa shape index (κ2) is 6.33. The first-order valence-corrected chi connectivity index (χ1v) is 8.46. The SMILES string of the molecule is CCC(CC)Oc1cc(Cl)c(S(=O)(=O)Cl)cc1Cl. The van der Waals surface area contributed by atoms with E-state index in [-0.39, 0.29) is 21.0 Å². The minimum atomic E-state index is -3.91. The van der Waals surface area contributed by atoms with Crippen LogP contribution in [0.3, 0.4) is 0 Å². The van der Waals surface area contributed by atoms with Gasteiger partial charge in [-0.1, -0.05) is 37.0 Å². The molecule has 0 fully saturated rings. The van der Waals surface area contributed by atoms with Gasteiger partial charge in [-0.15, -0.1) is 0 Å². The third kappa shape index (κ3) is 3.92. The monoisotopic (exact) mass is 330 g/mol. The van der Waals surface area contributed by atoms with Gasteiger partial charge in [-0.3, -0.25) is 0 Å². The first kappa shape index (κ1) is 15.9. The Hall–Kier alpha value is -0.160. The van der Waals surface area contributed by atoms with Gasteiger partial charge in [0.15, 0.2) is 0 Å². The van der Waals surface area contributed by atoms with Crippen molar-refractivity contribution in [3.8, 4) is 5.75 Å². The number of hydrogen-bond donors (Lipinski definition) is 0. The molecule has 1 aromatic carbocycles. The Morgan fingerprint density at radius 2 is 1.72 bits per heavy atom. The van der Waals surface area contributed by atoms with Gasteiger partial charge in [-0.25, -0.2) is 8.42 Å². The van der Waals surface area contributed by atoms with E-state index in [2.05, 4.69) is 0 Å². The molecule has 0 radical (unpaired) electrons. The molecule has 1 aromatic rings. The maximum absolute atomic E-state index is 11.2. The fourth-order valence-corrected chi connectivity index (χ4v) is 3.21. The van der Waals surface area contributed by atoms with Gasteiger partial charge in [0.2, 0.25) is 0 Å². The summed E-state index contributed by atoms with van der Waals surface area (Å²) >= 11 is 11.8. The van der Waals surface area contributed by atoms with Crippen molar-refractivity contribution in [3.63, 3.8) is 0 Å². The summed E-state index contributed by atoms with van der Waals surface area (Å²) in [6, 6.07) is 2.57. The van der Waals surface area contributed by atoms with Crippen molar-refractivity contribution >= 4 is 42.9 Å². The van der Waals surface area contributed by atoms with E-state index in [1.54, 1.807) is 0 Å². The molecular weight excluding hydrogens is 319 g/mol. The highest BCUT2D eigenvalue weighted by Gasteiger charge is 2.19. The lowest BCUT2D eigenvalue weighted by atomic mass is 10.2. The lowest BCUT2D eigenvalue weighted by molar-refractivity contribution is 0.193. The zero-order valence-electron chi connectivity index (χ0n) is 9.91. The molecule has 0 atom stereocenters. The molecule has 0 saturated heterocycles.